The van der Waals surface area contributed by atoms with E-state index in [1.54, 1.807) is 0 Å². The monoisotopic (exact) mass is 187 g/mol. The molecule has 0 spiro atoms. The highest BCUT2D eigenvalue weighted by Gasteiger charge is 2.16. The zero-order valence-corrected chi connectivity index (χ0v) is 8.50. The van der Waals surface area contributed by atoms with Gasteiger partial charge in [0.15, 0.2) is 0 Å². The van der Waals surface area contributed by atoms with Crippen LogP contribution in [0.15, 0.2) is 36.9 Å². The lowest BCUT2D eigenvalue weighted by atomic mass is 9.93. The molecule has 1 N–H and O–H groups in total. The van der Waals surface area contributed by atoms with Gasteiger partial charge in [-0.3, -0.25) is 0 Å². The van der Waals surface area contributed by atoms with Gasteiger partial charge in [0.1, 0.15) is 0 Å². The van der Waals surface area contributed by atoms with Gasteiger partial charge in [-0.15, -0.1) is 0 Å². The summed E-state index contributed by atoms with van der Waals surface area (Å²) in [5, 5.41) is 3.52. The molecule has 1 atom stereocenters. The van der Waals surface area contributed by atoms with Gasteiger partial charge in [-0.2, -0.15) is 0 Å². The molecule has 0 bridgehead atoms. The maximum atomic E-state index is 4.19. The van der Waals surface area contributed by atoms with Gasteiger partial charge in [0, 0.05) is 6.04 Å². The molecule has 0 aromatic heterocycles. The third-order valence-electron chi connectivity index (χ3n) is 2.88. The zero-order chi connectivity index (χ0) is 9.80. The first-order chi connectivity index (χ1) is 6.88. The molecule has 1 aliphatic heterocycles. The highest BCUT2D eigenvalue weighted by Crippen LogP contribution is 2.21. The fourth-order valence-corrected chi connectivity index (χ4v) is 2.00. The second kappa shape index (κ2) is 4.43. The Bertz CT molecular complexity index is 296. The van der Waals surface area contributed by atoms with Crippen LogP contribution in [0, 0.1) is 0 Å². The van der Waals surface area contributed by atoms with E-state index >= 15 is 0 Å². The van der Waals surface area contributed by atoms with E-state index in [9.17, 15) is 0 Å². The van der Waals surface area contributed by atoms with Crippen LogP contribution in [0.4, 0.5) is 0 Å². The largest absolute Gasteiger partial charge is 0.310 e. The summed E-state index contributed by atoms with van der Waals surface area (Å²) in [6.45, 7) is 5.32. The molecule has 1 aromatic carbocycles. The van der Waals surface area contributed by atoms with Gasteiger partial charge in [0.05, 0.1) is 0 Å². The number of nitrogens with one attached hydrogen (secondary N) is 1. The molecule has 1 fully saturated rings. The maximum absolute atomic E-state index is 4.19. The molecule has 1 heteroatoms. The number of rotatable bonds is 2. The fourth-order valence-electron chi connectivity index (χ4n) is 2.00. The zero-order valence-electron chi connectivity index (χ0n) is 8.50. The lowest BCUT2D eigenvalue weighted by molar-refractivity contribution is 0.463. The van der Waals surface area contributed by atoms with E-state index in [1.165, 1.54) is 30.4 Å². The molecule has 1 saturated heterocycles. The first-order valence-electron chi connectivity index (χ1n) is 5.35. The lowest BCUT2D eigenvalue weighted by Gasteiger charge is -2.25. The minimum absolute atomic E-state index is 0.492. The van der Waals surface area contributed by atoms with E-state index in [0.29, 0.717) is 6.04 Å². The Hall–Kier alpha value is -1.08. The SMILES string of the molecule is C=C(c1ccccc1)[C@@H]1CCCCN1. The minimum Gasteiger partial charge on any atom is -0.310 e. The Morgan fingerprint density at radius 3 is 2.64 bits per heavy atom. The topological polar surface area (TPSA) is 12.0 Å². The number of benzene rings is 1. The predicted molar refractivity (Wildman–Crippen MR) is 61.1 cm³/mol. The maximum Gasteiger partial charge on any atom is 0.0320 e. The smallest absolute Gasteiger partial charge is 0.0320 e. The molecule has 0 aliphatic carbocycles. The van der Waals surface area contributed by atoms with Crippen molar-refractivity contribution in [3.8, 4) is 0 Å². The second-order valence-corrected chi connectivity index (χ2v) is 3.89. The third kappa shape index (κ3) is 2.05. The number of hydrogen-bond donors (Lipinski definition) is 1. The van der Waals surface area contributed by atoms with E-state index in [1.807, 2.05) is 6.07 Å². The number of piperidine rings is 1. The molecule has 0 radical (unpaired) electrons. The van der Waals surface area contributed by atoms with Crippen molar-refractivity contribution >= 4 is 5.57 Å². The van der Waals surface area contributed by atoms with E-state index in [0.717, 1.165) is 6.54 Å². The molecule has 0 saturated carbocycles. The van der Waals surface area contributed by atoms with Crippen LogP contribution in [0.1, 0.15) is 24.8 Å². The molecule has 0 unspecified atom stereocenters. The number of hydrogen-bond acceptors (Lipinski definition) is 1. The second-order valence-electron chi connectivity index (χ2n) is 3.89. The van der Waals surface area contributed by atoms with E-state index in [4.69, 9.17) is 0 Å². The van der Waals surface area contributed by atoms with E-state index in [-0.39, 0.29) is 0 Å². The van der Waals surface area contributed by atoms with E-state index < -0.39 is 0 Å². The van der Waals surface area contributed by atoms with Crippen molar-refractivity contribution in [3.05, 3.63) is 42.5 Å². The quantitative estimate of drug-likeness (QED) is 0.750. The van der Waals surface area contributed by atoms with Crippen LogP contribution in [0.3, 0.4) is 0 Å². The predicted octanol–water partition coefficient (Wildman–Crippen LogP) is 2.84. The summed E-state index contributed by atoms with van der Waals surface area (Å²) in [4.78, 5) is 0. The standard InChI is InChI=1S/C13H17N/c1-11(12-7-3-2-4-8-12)13-9-5-6-10-14-13/h2-4,7-8,13-14H,1,5-6,9-10H2/t13-/m0/s1. The summed E-state index contributed by atoms with van der Waals surface area (Å²) in [6, 6.07) is 11.0. The van der Waals surface area contributed by atoms with Gasteiger partial charge in [0.25, 0.3) is 0 Å². The highest BCUT2D eigenvalue weighted by molar-refractivity contribution is 5.67. The Balaban J connectivity index is 2.07. The van der Waals surface area contributed by atoms with Crippen molar-refractivity contribution in [2.75, 3.05) is 6.54 Å². The molecule has 1 aromatic rings. The molecule has 74 valence electrons. The molecular weight excluding hydrogens is 170 g/mol. The summed E-state index contributed by atoms with van der Waals surface area (Å²) in [7, 11) is 0. The minimum atomic E-state index is 0.492. The van der Waals surface area contributed by atoms with Crippen molar-refractivity contribution in [2.45, 2.75) is 25.3 Å². The van der Waals surface area contributed by atoms with Gasteiger partial charge >= 0.3 is 0 Å². The van der Waals surface area contributed by atoms with Crippen LogP contribution in [-0.4, -0.2) is 12.6 Å². The fraction of sp³-hybridized carbons (Fsp3) is 0.385. The molecule has 2 rings (SSSR count). The lowest BCUT2D eigenvalue weighted by Crippen LogP contribution is -2.34. The van der Waals surface area contributed by atoms with Gasteiger partial charge in [0.2, 0.25) is 0 Å². The van der Waals surface area contributed by atoms with Gasteiger partial charge in [-0.1, -0.05) is 43.3 Å². The Labute approximate surface area is 85.8 Å². The molecule has 14 heavy (non-hydrogen) atoms. The summed E-state index contributed by atoms with van der Waals surface area (Å²) in [5.74, 6) is 0. The summed E-state index contributed by atoms with van der Waals surface area (Å²) in [6.07, 6.45) is 3.86. The Morgan fingerprint density at radius 2 is 2.00 bits per heavy atom. The van der Waals surface area contributed by atoms with Crippen LogP contribution in [-0.2, 0) is 0 Å². The molecule has 1 nitrogen and oxygen atoms in total. The van der Waals surface area contributed by atoms with Crippen LogP contribution in [0.2, 0.25) is 0 Å². The Morgan fingerprint density at radius 1 is 1.21 bits per heavy atom. The molecule has 1 aliphatic rings. The van der Waals surface area contributed by atoms with Crippen molar-refractivity contribution in [2.24, 2.45) is 0 Å². The van der Waals surface area contributed by atoms with Crippen molar-refractivity contribution < 1.29 is 0 Å². The average molecular weight is 187 g/mol. The van der Waals surface area contributed by atoms with E-state index in [2.05, 4.69) is 36.2 Å². The van der Waals surface area contributed by atoms with Crippen LogP contribution >= 0.6 is 0 Å². The first-order valence-corrected chi connectivity index (χ1v) is 5.35. The molecule has 0 amide bonds. The summed E-state index contributed by atoms with van der Waals surface area (Å²) >= 11 is 0. The Kier molecular flexibility index (Phi) is 3.00. The highest BCUT2D eigenvalue weighted by atomic mass is 14.9. The molecule has 1 heterocycles. The summed E-state index contributed by atoms with van der Waals surface area (Å²) < 4.78 is 0. The van der Waals surface area contributed by atoms with Gasteiger partial charge in [-0.05, 0) is 30.5 Å². The van der Waals surface area contributed by atoms with Crippen molar-refractivity contribution in [3.63, 3.8) is 0 Å². The normalized spacial score (nSPS) is 21.9. The van der Waals surface area contributed by atoms with Gasteiger partial charge in [-0.25, -0.2) is 0 Å². The van der Waals surface area contributed by atoms with Crippen molar-refractivity contribution in [1.82, 2.24) is 5.32 Å². The van der Waals surface area contributed by atoms with Crippen LogP contribution in [0.25, 0.3) is 5.57 Å². The first kappa shape index (κ1) is 9.47. The van der Waals surface area contributed by atoms with Crippen LogP contribution in [0.5, 0.6) is 0 Å². The van der Waals surface area contributed by atoms with Crippen molar-refractivity contribution in [1.29, 1.82) is 0 Å². The van der Waals surface area contributed by atoms with Gasteiger partial charge < -0.3 is 5.32 Å². The molecular formula is C13H17N. The average Bonchev–Trinajstić information content (AvgIpc) is 2.30. The summed E-state index contributed by atoms with van der Waals surface area (Å²) in [5.41, 5.74) is 2.51. The third-order valence-corrected chi connectivity index (χ3v) is 2.88. The van der Waals surface area contributed by atoms with Crippen LogP contribution < -0.4 is 5.32 Å².